The minimum absolute atomic E-state index is 0.154. The lowest BCUT2D eigenvalue weighted by Crippen LogP contribution is -2.34. The van der Waals surface area contributed by atoms with Gasteiger partial charge in [-0.3, -0.25) is 14.3 Å². The zero-order chi connectivity index (χ0) is 17.7. The number of aromatic nitrogens is 2. The summed E-state index contributed by atoms with van der Waals surface area (Å²) in [7, 11) is 0. The van der Waals surface area contributed by atoms with Crippen LogP contribution in [0.4, 0.5) is 11.4 Å². The van der Waals surface area contributed by atoms with E-state index in [1.807, 2.05) is 0 Å². The van der Waals surface area contributed by atoms with E-state index in [2.05, 4.69) is 15.7 Å². The fraction of sp³-hybridized carbons (Fsp3) is 0.353. The summed E-state index contributed by atoms with van der Waals surface area (Å²) in [5.41, 5.74) is 6.95. The number of nitrogens with zero attached hydrogens (tertiary/aromatic N) is 2. The van der Waals surface area contributed by atoms with Gasteiger partial charge in [0.25, 0.3) is 0 Å². The number of amides is 2. The molecular formula is C17H23N5O2. The number of rotatable bonds is 6. The molecule has 1 aromatic carbocycles. The van der Waals surface area contributed by atoms with Gasteiger partial charge in [0.15, 0.2) is 0 Å². The van der Waals surface area contributed by atoms with Gasteiger partial charge < -0.3 is 16.4 Å². The van der Waals surface area contributed by atoms with Gasteiger partial charge in [-0.1, -0.05) is 13.0 Å². The molecule has 128 valence electrons. The largest absolute Gasteiger partial charge is 0.327 e. The predicted octanol–water partition coefficient (Wildman–Crippen LogP) is 2.00. The van der Waals surface area contributed by atoms with E-state index in [-0.39, 0.29) is 23.8 Å². The smallest absolute Gasteiger partial charge is 0.248 e. The van der Waals surface area contributed by atoms with Crippen molar-refractivity contribution in [3.8, 4) is 0 Å². The van der Waals surface area contributed by atoms with E-state index in [1.54, 1.807) is 68.2 Å². The average molecular weight is 329 g/mol. The van der Waals surface area contributed by atoms with Gasteiger partial charge in [-0.25, -0.2) is 0 Å². The van der Waals surface area contributed by atoms with Crippen LogP contribution in [0.5, 0.6) is 0 Å². The molecule has 24 heavy (non-hydrogen) atoms. The number of nitrogens with two attached hydrogens (primary N) is 1. The molecule has 7 nitrogen and oxygen atoms in total. The summed E-state index contributed by atoms with van der Waals surface area (Å²) >= 11 is 0. The van der Waals surface area contributed by atoms with E-state index < -0.39 is 6.04 Å². The van der Waals surface area contributed by atoms with Crippen LogP contribution in [0.2, 0.25) is 0 Å². The highest BCUT2D eigenvalue weighted by atomic mass is 16.2. The van der Waals surface area contributed by atoms with Crippen molar-refractivity contribution in [3.63, 3.8) is 0 Å². The number of carbonyl (C=O) groups excluding carboxylic acids is 2. The number of anilines is 2. The Morgan fingerprint density at radius 2 is 1.71 bits per heavy atom. The van der Waals surface area contributed by atoms with Crippen molar-refractivity contribution in [2.45, 2.75) is 32.9 Å². The minimum atomic E-state index is -0.434. The fourth-order valence-electron chi connectivity index (χ4n) is 2.05. The maximum absolute atomic E-state index is 12.3. The Hall–Kier alpha value is -2.67. The first kappa shape index (κ1) is 17.7. The van der Waals surface area contributed by atoms with Crippen LogP contribution in [-0.2, 0) is 9.59 Å². The number of carbonyl (C=O) groups is 2. The Morgan fingerprint density at radius 1 is 1.08 bits per heavy atom. The summed E-state index contributed by atoms with van der Waals surface area (Å²) in [5.74, 6) is -0.646. The molecule has 3 unspecified atom stereocenters. The standard InChI is InChI=1S/C17H23N5O2/c1-11(12(2)18)16(23)20-14-6-4-7-15(10-14)21-17(24)13(3)22-9-5-8-19-22/h4-13H,18H2,1-3H3,(H,20,23)(H,21,24). The van der Waals surface area contributed by atoms with Gasteiger partial charge in [0, 0.05) is 29.8 Å². The molecule has 2 amide bonds. The molecule has 0 aliphatic heterocycles. The van der Waals surface area contributed by atoms with E-state index in [1.165, 1.54) is 0 Å². The van der Waals surface area contributed by atoms with Crippen molar-refractivity contribution in [2.24, 2.45) is 11.7 Å². The number of benzene rings is 1. The van der Waals surface area contributed by atoms with Crippen molar-refractivity contribution in [1.29, 1.82) is 0 Å². The number of hydrogen-bond acceptors (Lipinski definition) is 4. The van der Waals surface area contributed by atoms with E-state index in [0.29, 0.717) is 11.4 Å². The van der Waals surface area contributed by atoms with Crippen LogP contribution in [-0.4, -0.2) is 27.6 Å². The fourth-order valence-corrected chi connectivity index (χ4v) is 2.05. The molecule has 2 rings (SSSR count). The Balaban J connectivity index is 2.02. The SMILES string of the molecule is CC(N)C(C)C(=O)Nc1cccc(NC(=O)C(C)n2cccn2)c1. The second kappa shape index (κ2) is 7.74. The molecule has 0 fully saturated rings. The number of hydrogen-bond donors (Lipinski definition) is 3. The molecule has 4 N–H and O–H groups in total. The Labute approximate surface area is 141 Å². The Bertz CT molecular complexity index is 697. The molecule has 7 heteroatoms. The van der Waals surface area contributed by atoms with Gasteiger partial charge >= 0.3 is 0 Å². The summed E-state index contributed by atoms with van der Waals surface area (Å²) in [5, 5.41) is 9.68. The molecule has 0 aliphatic rings. The molecule has 0 saturated heterocycles. The minimum Gasteiger partial charge on any atom is -0.327 e. The van der Waals surface area contributed by atoms with Crippen molar-refractivity contribution in [3.05, 3.63) is 42.7 Å². The summed E-state index contributed by atoms with van der Waals surface area (Å²) < 4.78 is 1.57. The van der Waals surface area contributed by atoms with Crippen molar-refractivity contribution in [2.75, 3.05) is 10.6 Å². The Kier molecular flexibility index (Phi) is 5.70. The first-order valence-electron chi connectivity index (χ1n) is 7.85. The van der Waals surface area contributed by atoms with Crippen LogP contribution in [0.25, 0.3) is 0 Å². The zero-order valence-electron chi connectivity index (χ0n) is 14.1. The third-order valence-corrected chi connectivity index (χ3v) is 3.90. The zero-order valence-corrected chi connectivity index (χ0v) is 14.1. The molecule has 0 bridgehead atoms. The molecule has 0 radical (unpaired) electrons. The quantitative estimate of drug-likeness (QED) is 0.754. The van der Waals surface area contributed by atoms with E-state index in [9.17, 15) is 9.59 Å². The van der Waals surface area contributed by atoms with E-state index in [4.69, 9.17) is 5.73 Å². The molecule has 2 aromatic rings. The highest BCUT2D eigenvalue weighted by Gasteiger charge is 2.18. The molecule has 1 heterocycles. The van der Waals surface area contributed by atoms with Crippen molar-refractivity contribution >= 4 is 23.2 Å². The lowest BCUT2D eigenvalue weighted by molar-refractivity contribution is -0.120. The van der Waals surface area contributed by atoms with Gasteiger partial charge in [0.1, 0.15) is 6.04 Å². The van der Waals surface area contributed by atoms with E-state index >= 15 is 0 Å². The predicted molar refractivity (Wildman–Crippen MR) is 93.5 cm³/mol. The molecule has 0 spiro atoms. The van der Waals surface area contributed by atoms with E-state index in [0.717, 1.165) is 0 Å². The lowest BCUT2D eigenvalue weighted by atomic mass is 10.0. The lowest BCUT2D eigenvalue weighted by Gasteiger charge is -2.16. The molecule has 1 aromatic heterocycles. The Morgan fingerprint density at radius 3 is 2.25 bits per heavy atom. The first-order chi connectivity index (χ1) is 11.4. The second-order valence-electron chi connectivity index (χ2n) is 5.87. The van der Waals surface area contributed by atoms with Crippen molar-refractivity contribution < 1.29 is 9.59 Å². The van der Waals surface area contributed by atoms with Crippen LogP contribution in [0.15, 0.2) is 42.7 Å². The molecule has 0 saturated carbocycles. The normalized spacial score (nSPS) is 14.5. The topological polar surface area (TPSA) is 102 Å². The van der Waals surface area contributed by atoms with Gasteiger partial charge in [0.05, 0.1) is 5.92 Å². The molecule has 0 aliphatic carbocycles. The molecule has 3 atom stereocenters. The van der Waals surface area contributed by atoms with Gasteiger partial charge in [-0.2, -0.15) is 5.10 Å². The highest BCUT2D eigenvalue weighted by molar-refractivity contribution is 5.96. The maximum atomic E-state index is 12.3. The van der Waals surface area contributed by atoms with Gasteiger partial charge in [-0.05, 0) is 38.1 Å². The van der Waals surface area contributed by atoms with Crippen LogP contribution in [0.3, 0.4) is 0 Å². The molecular weight excluding hydrogens is 306 g/mol. The second-order valence-corrected chi connectivity index (χ2v) is 5.87. The van der Waals surface area contributed by atoms with Crippen LogP contribution in [0, 0.1) is 5.92 Å². The summed E-state index contributed by atoms with van der Waals surface area (Å²) in [6, 6.07) is 8.09. The number of nitrogens with one attached hydrogen (secondary N) is 2. The third kappa shape index (κ3) is 4.42. The van der Waals surface area contributed by atoms with Gasteiger partial charge in [0.2, 0.25) is 11.8 Å². The summed E-state index contributed by atoms with van der Waals surface area (Å²) in [6.07, 6.45) is 3.36. The summed E-state index contributed by atoms with van der Waals surface area (Å²) in [6.45, 7) is 5.33. The highest BCUT2D eigenvalue weighted by Crippen LogP contribution is 2.18. The average Bonchev–Trinajstić information content (AvgIpc) is 3.07. The van der Waals surface area contributed by atoms with Crippen molar-refractivity contribution in [1.82, 2.24) is 9.78 Å². The van der Waals surface area contributed by atoms with Crippen LogP contribution < -0.4 is 16.4 Å². The monoisotopic (exact) mass is 329 g/mol. The van der Waals surface area contributed by atoms with Crippen LogP contribution in [0.1, 0.15) is 26.8 Å². The van der Waals surface area contributed by atoms with Gasteiger partial charge in [-0.15, -0.1) is 0 Å². The third-order valence-electron chi connectivity index (χ3n) is 3.90. The maximum Gasteiger partial charge on any atom is 0.248 e. The first-order valence-corrected chi connectivity index (χ1v) is 7.85. The van der Waals surface area contributed by atoms with Crippen LogP contribution >= 0.6 is 0 Å². The summed E-state index contributed by atoms with van der Waals surface area (Å²) in [4.78, 5) is 24.3.